The van der Waals surface area contributed by atoms with Gasteiger partial charge < -0.3 is 29.2 Å². The van der Waals surface area contributed by atoms with E-state index in [9.17, 15) is 9.59 Å². The number of fused-ring (bicyclic) bond motifs is 2. The Morgan fingerprint density at radius 1 is 1.09 bits per heavy atom. The molecule has 0 spiro atoms. The zero-order valence-electron chi connectivity index (χ0n) is 29.4. The molecule has 2 aromatic heterocycles. The highest BCUT2D eigenvalue weighted by Gasteiger charge is 2.56. The van der Waals surface area contributed by atoms with Crippen LogP contribution in [0.4, 0.5) is 21.2 Å². The first-order chi connectivity index (χ1) is 21.8. The van der Waals surface area contributed by atoms with Gasteiger partial charge in [0.05, 0.1) is 19.3 Å². The van der Waals surface area contributed by atoms with Crippen LogP contribution in [0.15, 0.2) is 42.6 Å². The van der Waals surface area contributed by atoms with Crippen LogP contribution >= 0.6 is 0 Å². The molecule has 256 valence electrons. The van der Waals surface area contributed by atoms with Crippen LogP contribution in [-0.4, -0.2) is 80.0 Å². The normalized spacial score (nSPS) is 21.1. The Morgan fingerprint density at radius 2 is 1.77 bits per heavy atom. The lowest BCUT2D eigenvalue weighted by Crippen LogP contribution is -2.58. The monoisotopic (exact) mass is 650 g/mol. The van der Waals surface area contributed by atoms with Crippen molar-refractivity contribution in [2.45, 2.75) is 117 Å². The first-order valence-electron chi connectivity index (χ1n) is 16.4. The van der Waals surface area contributed by atoms with Crippen molar-refractivity contribution in [3.8, 4) is 0 Å². The van der Waals surface area contributed by atoms with Crippen molar-refractivity contribution in [3.63, 3.8) is 0 Å². The number of amides is 2. The third-order valence-corrected chi connectivity index (χ3v) is 8.05. The number of ether oxygens (including phenoxy) is 4. The van der Waals surface area contributed by atoms with E-state index in [1.807, 2.05) is 91.8 Å². The standard InChI is InChI=1S/C35H50N6O6/c1-23(2)25-19-37-41-28(40(31(43)46-33(6,7)8)20-24-14-12-11-13-15-24)18-27(38-29(25)41)36-22-35-16-17-39(30(42)45-32(3,4)5)21-26(35)44-34(9,10)47-35/h11-15,18-19,23,26H,16-17,20-22H2,1-10H3,(H,36,38)/t26-,35-/m1/s1. The Morgan fingerprint density at radius 3 is 2.40 bits per heavy atom. The van der Waals surface area contributed by atoms with Crippen LogP contribution in [-0.2, 0) is 25.5 Å². The quantitative estimate of drug-likeness (QED) is 0.297. The van der Waals surface area contributed by atoms with Crippen molar-refractivity contribution in [2.24, 2.45) is 0 Å². The molecular formula is C35H50N6O6. The lowest BCUT2D eigenvalue weighted by molar-refractivity contribution is -0.160. The minimum absolute atomic E-state index is 0.139. The van der Waals surface area contributed by atoms with Gasteiger partial charge in [0, 0.05) is 24.7 Å². The van der Waals surface area contributed by atoms with Crippen molar-refractivity contribution in [2.75, 3.05) is 29.9 Å². The van der Waals surface area contributed by atoms with Gasteiger partial charge in [-0.3, -0.25) is 4.90 Å². The molecule has 0 aliphatic carbocycles. The minimum atomic E-state index is -0.849. The van der Waals surface area contributed by atoms with Crippen molar-refractivity contribution >= 4 is 29.5 Å². The van der Waals surface area contributed by atoms with Crippen LogP contribution in [0.25, 0.3) is 5.65 Å². The average molecular weight is 651 g/mol. The Bertz CT molecular complexity index is 1590. The van der Waals surface area contributed by atoms with Crippen LogP contribution in [0.2, 0.25) is 0 Å². The number of carbonyl (C=O) groups is 2. The van der Waals surface area contributed by atoms with Gasteiger partial charge in [-0.05, 0) is 73.3 Å². The second-order valence-electron chi connectivity index (χ2n) is 15.2. The molecule has 2 fully saturated rings. The van der Waals surface area contributed by atoms with E-state index in [0.717, 1.165) is 11.1 Å². The number of benzene rings is 1. The predicted molar refractivity (Wildman–Crippen MR) is 180 cm³/mol. The van der Waals surface area contributed by atoms with Crippen LogP contribution < -0.4 is 10.2 Å². The fourth-order valence-corrected chi connectivity index (χ4v) is 6.01. The molecule has 2 amide bonds. The molecule has 4 heterocycles. The summed E-state index contributed by atoms with van der Waals surface area (Å²) >= 11 is 0. The van der Waals surface area contributed by atoms with Crippen LogP contribution in [0, 0.1) is 0 Å². The smallest absolute Gasteiger partial charge is 0.416 e. The zero-order valence-corrected chi connectivity index (χ0v) is 29.4. The van der Waals surface area contributed by atoms with Gasteiger partial charge in [0.2, 0.25) is 0 Å². The van der Waals surface area contributed by atoms with Crippen LogP contribution in [0.1, 0.15) is 92.7 Å². The van der Waals surface area contributed by atoms with Gasteiger partial charge in [-0.1, -0.05) is 44.2 Å². The van der Waals surface area contributed by atoms with Gasteiger partial charge in [0.25, 0.3) is 0 Å². The highest BCUT2D eigenvalue weighted by molar-refractivity contribution is 5.88. The van der Waals surface area contributed by atoms with E-state index in [2.05, 4.69) is 24.3 Å². The number of anilines is 2. The van der Waals surface area contributed by atoms with Gasteiger partial charge in [-0.15, -0.1) is 0 Å². The minimum Gasteiger partial charge on any atom is -0.444 e. The number of piperidine rings is 1. The summed E-state index contributed by atoms with van der Waals surface area (Å²) in [5, 5.41) is 8.20. The summed E-state index contributed by atoms with van der Waals surface area (Å²) in [4.78, 5) is 35.0. The second-order valence-corrected chi connectivity index (χ2v) is 15.2. The van der Waals surface area contributed by atoms with Gasteiger partial charge in [-0.2, -0.15) is 9.61 Å². The fourth-order valence-electron chi connectivity index (χ4n) is 6.01. The molecule has 2 aliphatic rings. The van der Waals surface area contributed by atoms with Crippen molar-refractivity contribution in [3.05, 3.63) is 53.7 Å². The molecule has 0 radical (unpaired) electrons. The fraction of sp³-hybridized carbons (Fsp3) is 0.600. The Balaban J connectivity index is 1.49. The van der Waals surface area contributed by atoms with Crippen LogP contribution in [0.5, 0.6) is 0 Å². The average Bonchev–Trinajstić information content (AvgIpc) is 3.50. The molecule has 12 nitrogen and oxygen atoms in total. The third kappa shape index (κ3) is 7.98. The summed E-state index contributed by atoms with van der Waals surface area (Å²) in [5.41, 5.74) is 0.484. The molecule has 1 N–H and O–H groups in total. The maximum atomic E-state index is 13.8. The molecule has 12 heteroatoms. The molecule has 2 atom stereocenters. The molecule has 1 aromatic carbocycles. The van der Waals surface area contributed by atoms with Crippen molar-refractivity contribution in [1.82, 2.24) is 19.5 Å². The maximum Gasteiger partial charge on any atom is 0.416 e. The molecule has 47 heavy (non-hydrogen) atoms. The van der Waals surface area contributed by atoms with E-state index in [0.29, 0.717) is 43.3 Å². The molecule has 0 bridgehead atoms. The first kappa shape index (κ1) is 34.4. The first-order valence-corrected chi connectivity index (χ1v) is 16.4. The van der Waals surface area contributed by atoms with Gasteiger partial charge in [0.1, 0.15) is 34.5 Å². The molecule has 3 aromatic rings. The Hall–Kier alpha value is -3.90. The van der Waals surface area contributed by atoms with E-state index in [4.69, 9.17) is 23.9 Å². The number of aromatic nitrogens is 3. The van der Waals surface area contributed by atoms with Gasteiger partial charge >= 0.3 is 12.2 Å². The molecule has 2 saturated heterocycles. The van der Waals surface area contributed by atoms with E-state index >= 15 is 0 Å². The van der Waals surface area contributed by atoms with Gasteiger partial charge in [0.15, 0.2) is 11.4 Å². The maximum absolute atomic E-state index is 13.8. The molecule has 2 aliphatic heterocycles. The number of nitrogens with one attached hydrogen (secondary N) is 1. The zero-order chi connectivity index (χ0) is 34.4. The van der Waals surface area contributed by atoms with E-state index in [1.54, 1.807) is 20.5 Å². The largest absolute Gasteiger partial charge is 0.444 e. The van der Waals surface area contributed by atoms with Crippen molar-refractivity contribution < 1.29 is 28.5 Å². The summed E-state index contributed by atoms with van der Waals surface area (Å²) in [5.74, 6) is 0.352. The number of hydrogen-bond donors (Lipinski definition) is 1. The number of rotatable bonds is 7. The number of hydrogen-bond acceptors (Lipinski definition) is 9. The van der Waals surface area contributed by atoms with Crippen LogP contribution in [0.3, 0.4) is 0 Å². The predicted octanol–water partition coefficient (Wildman–Crippen LogP) is 6.74. The highest BCUT2D eigenvalue weighted by Crippen LogP contribution is 2.42. The highest BCUT2D eigenvalue weighted by atomic mass is 16.8. The molecule has 0 saturated carbocycles. The van der Waals surface area contributed by atoms with E-state index < -0.39 is 34.8 Å². The Labute approximate surface area is 277 Å². The summed E-state index contributed by atoms with van der Waals surface area (Å²) in [7, 11) is 0. The summed E-state index contributed by atoms with van der Waals surface area (Å²) in [6, 6.07) is 11.6. The number of nitrogens with zero attached hydrogens (tertiary/aromatic N) is 5. The third-order valence-electron chi connectivity index (χ3n) is 8.05. The SMILES string of the molecule is CC(C)c1cnn2c(N(Cc3ccccc3)C(=O)OC(C)(C)C)cc(NC[C@]34CCN(C(=O)OC(C)(C)C)C[C@H]3OC(C)(C)O4)nc12. The second kappa shape index (κ2) is 12.6. The van der Waals surface area contributed by atoms with Crippen molar-refractivity contribution in [1.29, 1.82) is 0 Å². The summed E-state index contributed by atoms with van der Waals surface area (Å²) in [6.45, 7) is 20.5. The Kier molecular flexibility index (Phi) is 9.24. The van der Waals surface area contributed by atoms with E-state index in [-0.39, 0.29) is 18.6 Å². The number of carbonyl (C=O) groups excluding carboxylic acids is 2. The van der Waals surface area contributed by atoms with Gasteiger partial charge in [-0.25, -0.2) is 14.6 Å². The number of likely N-dealkylation sites (tertiary alicyclic amines) is 1. The molecular weight excluding hydrogens is 600 g/mol. The molecule has 0 unspecified atom stereocenters. The summed E-state index contributed by atoms with van der Waals surface area (Å²) < 4.78 is 26.2. The van der Waals surface area contributed by atoms with E-state index in [1.165, 1.54) is 0 Å². The summed E-state index contributed by atoms with van der Waals surface area (Å²) in [6.07, 6.45) is 1.07. The lowest BCUT2D eigenvalue weighted by Gasteiger charge is -2.42. The lowest BCUT2D eigenvalue weighted by atomic mass is 9.88. The topological polar surface area (TPSA) is 120 Å². The molecule has 5 rings (SSSR count).